The minimum Gasteiger partial charge on any atom is -0.377 e. The van der Waals surface area contributed by atoms with Gasteiger partial charge in [0.2, 0.25) is 5.95 Å². The maximum atomic E-state index is 5.64. The Bertz CT molecular complexity index is 551. The molecule has 20 heavy (non-hydrogen) atoms. The van der Waals surface area contributed by atoms with Gasteiger partial charge in [0.1, 0.15) is 5.82 Å². The van der Waals surface area contributed by atoms with Crippen molar-refractivity contribution >= 4 is 11.8 Å². The van der Waals surface area contributed by atoms with Crippen molar-refractivity contribution < 1.29 is 4.74 Å². The van der Waals surface area contributed by atoms with Gasteiger partial charge in [-0.2, -0.15) is 4.98 Å². The second-order valence-corrected chi connectivity index (χ2v) is 4.51. The molecule has 0 radical (unpaired) electrons. The van der Waals surface area contributed by atoms with Crippen LogP contribution in [0.5, 0.6) is 0 Å². The van der Waals surface area contributed by atoms with E-state index in [0.717, 1.165) is 11.5 Å². The van der Waals surface area contributed by atoms with Crippen molar-refractivity contribution in [2.75, 3.05) is 17.7 Å². The minimum atomic E-state index is 0.287. The van der Waals surface area contributed by atoms with Gasteiger partial charge < -0.3 is 15.8 Å². The molecule has 1 aromatic heterocycles. The van der Waals surface area contributed by atoms with Crippen molar-refractivity contribution in [2.45, 2.75) is 27.0 Å². The molecule has 2 rings (SSSR count). The molecule has 5 nitrogen and oxygen atoms in total. The summed E-state index contributed by atoms with van der Waals surface area (Å²) in [5, 5.41) is 3.27. The highest BCUT2D eigenvalue weighted by Gasteiger charge is 2.03. The lowest BCUT2D eigenvalue weighted by Crippen LogP contribution is -2.07. The van der Waals surface area contributed by atoms with Crippen molar-refractivity contribution in [1.82, 2.24) is 9.97 Å². The Morgan fingerprint density at radius 2 is 1.95 bits per heavy atom. The molecule has 0 aliphatic heterocycles. The van der Waals surface area contributed by atoms with E-state index in [-0.39, 0.29) is 5.95 Å². The highest BCUT2D eigenvalue weighted by molar-refractivity contribution is 5.41. The predicted molar refractivity (Wildman–Crippen MR) is 80.3 cm³/mol. The number of nitrogens with zero attached hydrogens (tertiary/aromatic N) is 2. The average Bonchev–Trinajstić information content (AvgIpc) is 2.43. The number of anilines is 2. The molecule has 0 aliphatic carbocycles. The molecular formula is C15H20N4O. The van der Waals surface area contributed by atoms with Gasteiger partial charge in [-0.15, -0.1) is 0 Å². The number of aromatic nitrogens is 2. The molecule has 0 amide bonds. The number of benzene rings is 1. The van der Waals surface area contributed by atoms with Crippen LogP contribution in [0.4, 0.5) is 11.8 Å². The molecular weight excluding hydrogens is 252 g/mol. The van der Waals surface area contributed by atoms with Gasteiger partial charge in [-0.3, -0.25) is 0 Å². The first-order chi connectivity index (χ1) is 9.69. The normalized spacial score (nSPS) is 10.5. The topological polar surface area (TPSA) is 73.1 Å². The molecule has 0 spiro atoms. The molecule has 0 bridgehead atoms. The van der Waals surface area contributed by atoms with Gasteiger partial charge >= 0.3 is 0 Å². The van der Waals surface area contributed by atoms with E-state index in [4.69, 9.17) is 10.5 Å². The van der Waals surface area contributed by atoms with Crippen LogP contribution in [0, 0.1) is 6.92 Å². The molecule has 106 valence electrons. The summed E-state index contributed by atoms with van der Waals surface area (Å²) in [5.74, 6) is 1.02. The highest BCUT2D eigenvalue weighted by Crippen LogP contribution is 2.13. The number of aryl methyl sites for hydroxylation is 1. The zero-order valence-electron chi connectivity index (χ0n) is 11.9. The van der Waals surface area contributed by atoms with Crippen LogP contribution >= 0.6 is 0 Å². The third-order valence-electron chi connectivity index (χ3n) is 2.91. The van der Waals surface area contributed by atoms with Gasteiger partial charge in [-0.1, -0.05) is 24.3 Å². The van der Waals surface area contributed by atoms with Gasteiger partial charge in [-0.25, -0.2) is 4.98 Å². The molecule has 0 saturated heterocycles. The third-order valence-corrected chi connectivity index (χ3v) is 2.91. The fourth-order valence-electron chi connectivity index (χ4n) is 1.95. The fourth-order valence-corrected chi connectivity index (χ4v) is 1.95. The lowest BCUT2D eigenvalue weighted by Gasteiger charge is -2.11. The smallest absolute Gasteiger partial charge is 0.222 e. The first-order valence-corrected chi connectivity index (χ1v) is 6.68. The fraction of sp³-hybridized carbons (Fsp3) is 0.333. The van der Waals surface area contributed by atoms with Crippen molar-refractivity contribution in [3.8, 4) is 0 Å². The largest absolute Gasteiger partial charge is 0.377 e. The average molecular weight is 272 g/mol. The predicted octanol–water partition coefficient (Wildman–Crippen LogP) is 2.52. The standard InChI is InChI=1S/C15H20N4O/c1-3-20-10-13-7-5-4-6-12(13)9-17-14-8-11(2)18-15(16)19-14/h4-8H,3,9-10H2,1-2H3,(H3,16,17,18,19). The molecule has 1 heterocycles. The number of hydrogen-bond acceptors (Lipinski definition) is 5. The summed E-state index contributed by atoms with van der Waals surface area (Å²) in [4.78, 5) is 8.22. The van der Waals surface area contributed by atoms with Crippen LogP contribution in [-0.4, -0.2) is 16.6 Å². The van der Waals surface area contributed by atoms with Crippen LogP contribution in [0.2, 0.25) is 0 Å². The molecule has 3 N–H and O–H groups in total. The Labute approximate surface area is 119 Å². The zero-order valence-corrected chi connectivity index (χ0v) is 11.9. The number of ether oxygens (including phenoxy) is 1. The second kappa shape index (κ2) is 6.86. The lowest BCUT2D eigenvalue weighted by atomic mass is 10.1. The molecule has 0 aliphatic rings. The van der Waals surface area contributed by atoms with Crippen molar-refractivity contribution in [1.29, 1.82) is 0 Å². The SMILES string of the molecule is CCOCc1ccccc1CNc1cc(C)nc(N)n1. The van der Waals surface area contributed by atoms with E-state index >= 15 is 0 Å². The molecule has 0 fully saturated rings. The highest BCUT2D eigenvalue weighted by atomic mass is 16.5. The molecule has 0 saturated carbocycles. The molecule has 5 heteroatoms. The van der Waals surface area contributed by atoms with Crippen LogP contribution in [0.15, 0.2) is 30.3 Å². The summed E-state index contributed by atoms with van der Waals surface area (Å²) < 4.78 is 5.48. The van der Waals surface area contributed by atoms with Gasteiger partial charge in [0.25, 0.3) is 0 Å². The van der Waals surface area contributed by atoms with E-state index in [2.05, 4.69) is 27.4 Å². The lowest BCUT2D eigenvalue weighted by molar-refractivity contribution is 0.133. The van der Waals surface area contributed by atoms with Gasteiger partial charge in [0, 0.05) is 24.9 Å². The van der Waals surface area contributed by atoms with Crippen LogP contribution in [0.1, 0.15) is 23.7 Å². The van der Waals surface area contributed by atoms with Gasteiger partial charge in [-0.05, 0) is 25.0 Å². The molecule has 2 aromatic rings. The quantitative estimate of drug-likeness (QED) is 0.845. The summed E-state index contributed by atoms with van der Waals surface area (Å²) >= 11 is 0. The summed E-state index contributed by atoms with van der Waals surface area (Å²) in [6.45, 7) is 5.90. The number of nitrogens with two attached hydrogens (primary N) is 1. The third kappa shape index (κ3) is 3.93. The number of nitrogens with one attached hydrogen (secondary N) is 1. The molecule has 0 unspecified atom stereocenters. The Hall–Kier alpha value is -2.14. The number of nitrogen functional groups attached to an aromatic ring is 1. The summed E-state index contributed by atoms with van der Waals surface area (Å²) in [7, 11) is 0. The van der Waals surface area contributed by atoms with Crippen LogP contribution < -0.4 is 11.1 Å². The van der Waals surface area contributed by atoms with Crippen LogP contribution in [-0.2, 0) is 17.9 Å². The van der Waals surface area contributed by atoms with Crippen LogP contribution in [0.3, 0.4) is 0 Å². The monoisotopic (exact) mass is 272 g/mol. The van der Waals surface area contributed by atoms with Crippen LogP contribution in [0.25, 0.3) is 0 Å². The number of rotatable bonds is 6. The maximum Gasteiger partial charge on any atom is 0.222 e. The maximum absolute atomic E-state index is 5.64. The summed E-state index contributed by atoms with van der Waals surface area (Å²) in [5.41, 5.74) is 8.86. The molecule has 1 aromatic carbocycles. The zero-order chi connectivity index (χ0) is 14.4. The Kier molecular flexibility index (Phi) is 4.90. The van der Waals surface area contributed by atoms with E-state index in [1.807, 2.05) is 32.0 Å². The van der Waals surface area contributed by atoms with Crippen molar-refractivity contribution in [3.05, 3.63) is 47.2 Å². The first kappa shape index (κ1) is 14.3. The summed E-state index contributed by atoms with van der Waals surface area (Å²) in [6, 6.07) is 10.1. The first-order valence-electron chi connectivity index (χ1n) is 6.68. The van der Waals surface area contributed by atoms with E-state index in [1.165, 1.54) is 11.1 Å². The van der Waals surface area contributed by atoms with Crippen molar-refractivity contribution in [3.63, 3.8) is 0 Å². The second-order valence-electron chi connectivity index (χ2n) is 4.51. The Morgan fingerprint density at radius 3 is 2.65 bits per heavy atom. The van der Waals surface area contributed by atoms with Gasteiger partial charge in [0.15, 0.2) is 0 Å². The van der Waals surface area contributed by atoms with E-state index < -0.39 is 0 Å². The Morgan fingerprint density at radius 1 is 1.20 bits per heavy atom. The van der Waals surface area contributed by atoms with E-state index in [9.17, 15) is 0 Å². The van der Waals surface area contributed by atoms with Gasteiger partial charge in [0.05, 0.1) is 6.61 Å². The van der Waals surface area contributed by atoms with Crippen molar-refractivity contribution in [2.24, 2.45) is 0 Å². The minimum absolute atomic E-state index is 0.287. The molecule has 0 atom stereocenters. The Balaban J connectivity index is 2.06. The van der Waals surface area contributed by atoms with E-state index in [0.29, 0.717) is 19.8 Å². The number of hydrogen-bond donors (Lipinski definition) is 2. The summed E-state index contributed by atoms with van der Waals surface area (Å²) in [6.07, 6.45) is 0. The van der Waals surface area contributed by atoms with E-state index in [1.54, 1.807) is 0 Å².